The van der Waals surface area contributed by atoms with Crippen LogP contribution in [0.4, 0.5) is 13.2 Å². The van der Waals surface area contributed by atoms with Gasteiger partial charge in [-0.2, -0.15) is 23.4 Å². The average molecular weight is 257 g/mol. The summed E-state index contributed by atoms with van der Waals surface area (Å²) in [6.45, 7) is 0. The quantitative estimate of drug-likeness (QED) is 0.883. The Hall–Kier alpha value is -2.25. The molecule has 8 heteroatoms. The van der Waals surface area contributed by atoms with E-state index in [1.54, 1.807) is 12.1 Å². The maximum absolute atomic E-state index is 12.8. The van der Waals surface area contributed by atoms with Crippen LogP contribution in [0.2, 0.25) is 0 Å². The molecule has 1 aliphatic heterocycles. The zero-order valence-electron chi connectivity index (χ0n) is 8.72. The van der Waals surface area contributed by atoms with E-state index in [-0.39, 0.29) is 11.4 Å². The summed E-state index contributed by atoms with van der Waals surface area (Å²) in [7, 11) is 0. The molecule has 0 radical (unpaired) electrons. The Morgan fingerprint density at radius 3 is 2.50 bits per heavy atom. The van der Waals surface area contributed by atoms with Crippen molar-refractivity contribution < 1.29 is 23.1 Å². The molecule has 5 nitrogen and oxygen atoms in total. The van der Waals surface area contributed by atoms with Gasteiger partial charge in [-0.05, 0) is 18.2 Å². The van der Waals surface area contributed by atoms with Gasteiger partial charge < -0.3 is 5.11 Å². The summed E-state index contributed by atoms with van der Waals surface area (Å²) in [5.41, 5.74) is -3.40. The molecule has 0 bridgehead atoms. The predicted octanol–water partition coefficient (Wildman–Crippen LogP) is 2.27. The number of nitrogens with zero attached hydrogens (tertiary/aromatic N) is 3. The number of carboxylic acids is 1. The number of hydrogen-bond acceptors (Lipinski definition) is 4. The van der Waals surface area contributed by atoms with Crippen LogP contribution in [0.1, 0.15) is 5.69 Å². The Morgan fingerprint density at radius 2 is 2.06 bits per heavy atom. The molecule has 0 saturated carbocycles. The molecule has 1 aromatic heterocycles. The van der Waals surface area contributed by atoms with Gasteiger partial charge >= 0.3 is 12.1 Å². The smallest absolute Gasteiger partial charge is 0.430 e. The number of carboxylic acid groups (broad SMARTS) is 1. The van der Waals surface area contributed by atoms with Crippen molar-refractivity contribution in [1.29, 1.82) is 0 Å². The molecule has 0 fully saturated rings. The molecule has 0 spiro atoms. The van der Waals surface area contributed by atoms with E-state index in [0.717, 1.165) is 0 Å². The molecule has 1 atom stereocenters. The van der Waals surface area contributed by atoms with Crippen LogP contribution >= 0.6 is 0 Å². The third-order valence-electron chi connectivity index (χ3n) is 2.35. The highest BCUT2D eigenvalue weighted by Crippen LogP contribution is 2.41. The summed E-state index contributed by atoms with van der Waals surface area (Å²) in [6, 6.07) is 4.54. The van der Waals surface area contributed by atoms with E-state index in [1.165, 1.54) is 12.3 Å². The summed E-state index contributed by atoms with van der Waals surface area (Å²) in [4.78, 5) is 14.6. The summed E-state index contributed by atoms with van der Waals surface area (Å²) in [5, 5.41) is 14.9. The monoisotopic (exact) mass is 257 g/mol. The van der Waals surface area contributed by atoms with Gasteiger partial charge in [0, 0.05) is 6.20 Å². The minimum atomic E-state index is -5.06. The topological polar surface area (TPSA) is 74.9 Å². The van der Waals surface area contributed by atoms with Crippen LogP contribution in [0.15, 0.2) is 40.7 Å². The maximum Gasteiger partial charge on any atom is 0.430 e. The Balaban J connectivity index is 2.49. The van der Waals surface area contributed by atoms with Gasteiger partial charge in [-0.15, -0.1) is 0 Å². The van der Waals surface area contributed by atoms with Crippen LogP contribution in [-0.4, -0.2) is 27.8 Å². The minimum absolute atomic E-state index is 0.133. The van der Waals surface area contributed by atoms with E-state index in [2.05, 4.69) is 15.2 Å². The molecule has 2 heterocycles. The molecule has 1 aromatic rings. The lowest BCUT2D eigenvalue weighted by molar-refractivity contribution is -0.190. The van der Waals surface area contributed by atoms with Gasteiger partial charge in [-0.1, -0.05) is 6.07 Å². The van der Waals surface area contributed by atoms with Crippen LogP contribution in [0.5, 0.6) is 0 Å². The van der Waals surface area contributed by atoms with E-state index in [0.29, 0.717) is 6.08 Å². The van der Waals surface area contributed by atoms with Crippen LogP contribution in [-0.2, 0) is 4.79 Å². The van der Waals surface area contributed by atoms with Gasteiger partial charge in [0.15, 0.2) is 0 Å². The van der Waals surface area contributed by atoms with Crippen LogP contribution in [0, 0.1) is 0 Å². The first-order valence-corrected chi connectivity index (χ1v) is 4.74. The summed E-state index contributed by atoms with van der Waals surface area (Å²) in [6.07, 6.45) is -3.24. The van der Waals surface area contributed by atoms with Gasteiger partial charge in [0.25, 0.3) is 5.54 Å². The summed E-state index contributed by atoms with van der Waals surface area (Å²) >= 11 is 0. The lowest BCUT2D eigenvalue weighted by Crippen LogP contribution is -2.47. The van der Waals surface area contributed by atoms with Crippen molar-refractivity contribution in [3.63, 3.8) is 0 Å². The van der Waals surface area contributed by atoms with Crippen molar-refractivity contribution in [2.24, 2.45) is 10.2 Å². The van der Waals surface area contributed by atoms with Gasteiger partial charge in [0.05, 0.1) is 5.69 Å². The SMILES string of the molecule is O=C(O)C1(C(F)(F)F)C=C(c2ccccn2)N=N1. The molecule has 1 N–H and O–H groups in total. The first kappa shape index (κ1) is 12.2. The highest BCUT2D eigenvalue weighted by molar-refractivity contribution is 5.87. The van der Waals surface area contributed by atoms with E-state index >= 15 is 0 Å². The van der Waals surface area contributed by atoms with Gasteiger partial charge in [0.1, 0.15) is 5.70 Å². The third kappa shape index (κ3) is 1.75. The number of aliphatic carboxylic acids is 1. The number of alkyl halides is 3. The summed E-state index contributed by atoms with van der Waals surface area (Å²) < 4.78 is 38.3. The molecule has 1 unspecified atom stereocenters. The van der Waals surface area contributed by atoms with Gasteiger partial charge in [-0.25, -0.2) is 4.79 Å². The lowest BCUT2D eigenvalue weighted by Gasteiger charge is -2.20. The lowest BCUT2D eigenvalue weighted by atomic mass is 9.99. The maximum atomic E-state index is 12.8. The van der Waals surface area contributed by atoms with Crippen molar-refractivity contribution in [2.75, 3.05) is 0 Å². The fourth-order valence-corrected chi connectivity index (χ4v) is 1.39. The molecular formula is C10H6F3N3O2. The minimum Gasteiger partial charge on any atom is -0.479 e. The van der Waals surface area contributed by atoms with Gasteiger partial charge in [0.2, 0.25) is 0 Å². The Kier molecular flexibility index (Phi) is 2.64. The van der Waals surface area contributed by atoms with E-state index < -0.39 is 17.7 Å². The highest BCUT2D eigenvalue weighted by atomic mass is 19.4. The zero-order valence-corrected chi connectivity index (χ0v) is 8.72. The second kappa shape index (κ2) is 3.90. The second-order valence-electron chi connectivity index (χ2n) is 3.51. The molecule has 0 amide bonds. The molecule has 0 aromatic carbocycles. The average Bonchev–Trinajstić information content (AvgIpc) is 2.75. The Bertz CT molecular complexity index is 539. The number of carbonyl (C=O) groups is 1. The van der Waals surface area contributed by atoms with Crippen molar-refractivity contribution in [3.05, 3.63) is 36.2 Å². The standard InChI is InChI=1S/C10H6F3N3O2/c11-10(12,13)9(8(17)18)5-7(15-16-9)6-3-1-2-4-14-6/h1-5H,(H,17,18). The molecule has 18 heavy (non-hydrogen) atoms. The number of pyridine rings is 1. The highest BCUT2D eigenvalue weighted by Gasteiger charge is 2.62. The molecular weight excluding hydrogens is 251 g/mol. The molecule has 94 valence electrons. The number of halogens is 3. The fourth-order valence-electron chi connectivity index (χ4n) is 1.39. The number of aromatic nitrogens is 1. The van der Waals surface area contributed by atoms with Crippen molar-refractivity contribution >= 4 is 11.7 Å². The van der Waals surface area contributed by atoms with Crippen molar-refractivity contribution in [2.45, 2.75) is 11.7 Å². The van der Waals surface area contributed by atoms with Gasteiger partial charge in [-0.3, -0.25) is 4.98 Å². The van der Waals surface area contributed by atoms with Crippen LogP contribution < -0.4 is 0 Å². The fraction of sp³-hybridized carbons (Fsp3) is 0.200. The Labute approximate surface area is 98.7 Å². The number of azo groups is 1. The predicted molar refractivity (Wildman–Crippen MR) is 53.5 cm³/mol. The van der Waals surface area contributed by atoms with Crippen molar-refractivity contribution in [1.82, 2.24) is 4.98 Å². The van der Waals surface area contributed by atoms with E-state index in [1.807, 2.05) is 0 Å². The normalized spacial score (nSPS) is 22.9. The molecule has 0 aliphatic carbocycles. The zero-order chi connectivity index (χ0) is 13.4. The van der Waals surface area contributed by atoms with Crippen LogP contribution in [0.25, 0.3) is 5.70 Å². The van der Waals surface area contributed by atoms with E-state index in [9.17, 15) is 18.0 Å². The second-order valence-corrected chi connectivity index (χ2v) is 3.51. The van der Waals surface area contributed by atoms with Crippen molar-refractivity contribution in [3.8, 4) is 0 Å². The molecule has 2 rings (SSSR count). The summed E-state index contributed by atoms with van der Waals surface area (Å²) in [5.74, 6) is -2.12. The number of hydrogen-bond donors (Lipinski definition) is 1. The number of rotatable bonds is 2. The van der Waals surface area contributed by atoms with Crippen LogP contribution in [0.3, 0.4) is 0 Å². The third-order valence-corrected chi connectivity index (χ3v) is 2.35. The largest absolute Gasteiger partial charge is 0.479 e. The van der Waals surface area contributed by atoms with E-state index in [4.69, 9.17) is 5.11 Å². The first-order valence-electron chi connectivity index (χ1n) is 4.74. The first-order chi connectivity index (χ1) is 8.37. The molecule has 0 saturated heterocycles. The molecule has 1 aliphatic rings. The Morgan fingerprint density at radius 1 is 1.33 bits per heavy atom.